The highest BCUT2D eigenvalue weighted by atomic mass is 16.1. The maximum Gasteiger partial charge on any atom is 0.221 e. The first kappa shape index (κ1) is 12.9. The van der Waals surface area contributed by atoms with E-state index in [0.717, 1.165) is 11.3 Å². The molecule has 0 aliphatic heterocycles. The van der Waals surface area contributed by atoms with Crippen molar-refractivity contribution in [2.45, 2.75) is 51.0 Å². The van der Waals surface area contributed by atoms with Crippen molar-refractivity contribution in [3.63, 3.8) is 0 Å². The predicted molar refractivity (Wildman–Crippen MR) is 74.5 cm³/mol. The molecule has 0 saturated heterocycles. The number of primary amides is 1. The zero-order valence-corrected chi connectivity index (χ0v) is 10.8. The van der Waals surface area contributed by atoms with Gasteiger partial charge in [0.15, 0.2) is 0 Å². The number of amides is 1. The molecule has 3 N–H and O–H groups in total. The van der Waals surface area contributed by atoms with E-state index in [1.165, 1.54) is 38.5 Å². The molecule has 1 aliphatic rings. The number of rotatable bonds is 4. The quantitative estimate of drug-likeness (QED) is 0.803. The van der Waals surface area contributed by atoms with E-state index in [1.807, 2.05) is 24.3 Å². The van der Waals surface area contributed by atoms with Crippen LogP contribution in [0.15, 0.2) is 24.3 Å². The van der Waals surface area contributed by atoms with E-state index in [1.54, 1.807) is 0 Å². The van der Waals surface area contributed by atoms with Gasteiger partial charge >= 0.3 is 0 Å². The number of anilines is 1. The van der Waals surface area contributed by atoms with Crippen molar-refractivity contribution in [1.82, 2.24) is 0 Å². The third-order valence-electron chi connectivity index (χ3n) is 3.56. The third kappa shape index (κ3) is 4.06. The number of hydrogen-bond acceptors (Lipinski definition) is 2. The molecule has 1 aliphatic carbocycles. The van der Waals surface area contributed by atoms with Crippen molar-refractivity contribution < 1.29 is 4.79 Å². The van der Waals surface area contributed by atoms with Crippen LogP contribution in [0.25, 0.3) is 0 Å². The van der Waals surface area contributed by atoms with Gasteiger partial charge in [-0.2, -0.15) is 0 Å². The van der Waals surface area contributed by atoms with Gasteiger partial charge in [0.05, 0.1) is 6.42 Å². The van der Waals surface area contributed by atoms with Crippen LogP contribution in [0, 0.1) is 0 Å². The van der Waals surface area contributed by atoms with Gasteiger partial charge in [-0.25, -0.2) is 0 Å². The highest BCUT2D eigenvalue weighted by Gasteiger charge is 2.11. The molecule has 1 aromatic rings. The van der Waals surface area contributed by atoms with Crippen LogP contribution in [0.1, 0.15) is 44.1 Å². The third-order valence-corrected chi connectivity index (χ3v) is 3.56. The number of nitrogens with one attached hydrogen (secondary N) is 1. The molecule has 1 aromatic carbocycles. The average Bonchev–Trinajstić information content (AvgIpc) is 2.60. The predicted octanol–water partition coefficient (Wildman–Crippen LogP) is 2.85. The van der Waals surface area contributed by atoms with Gasteiger partial charge in [0.25, 0.3) is 0 Å². The van der Waals surface area contributed by atoms with E-state index >= 15 is 0 Å². The molecule has 3 nitrogen and oxygen atoms in total. The fourth-order valence-electron chi connectivity index (χ4n) is 2.58. The minimum Gasteiger partial charge on any atom is -0.382 e. The lowest BCUT2D eigenvalue weighted by molar-refractivity contribution is -0.117. The summed E-state index contributed by atoms with van der Waals surface area (Å²) in [5.41, 5.74) is 7.30. The number of carbonyl (C=O) groups is 1. The zero-order chi connectivity index (χ0) is 12.8. The summed E-state index contributed by atoms with van der Waals surface area (Å²) in [6.07, 6.45) is 8.26. The number of hydrogen-bond donors (Lipinski definition) is 2. The maximum atomic E-state index is 10.8. The first-order valence-corrected chi connectivity index (χ1v) is 6.88. The van der Waals surface area contributed by atoms with E-state index in [-0.39, 0.29) is 5.91 Å². The molecule has 0 spiro atoms. The summed E-state index contributed by atoms with van der Waals surface area (Å²) in [7, 11) is 0. The van der Waals surface area contributed by atoms with Crippen LogP contribution in [-0.2, 0) is 11.2 Å². The Labute approximate surface area is 109 Å². The van der Waals surface area contributed by atoms with Gasteiger partial charge in [0, 0.05) is 11.7 Å². The molecule has 1 amide bonds. The van der Waals surface area contributed by atoms with Crippen LogP contribution in [-0.4, -0.2) is 11.9 Å². The minimum atomic E-state index is -0.278. The van der Waals surface area contributed by atoms with E-state index in [9.17, 15) is 4.79 Å². The normalized spacial score (nSPS) is 17.1. The first-order chi connectivity index (χ1) is 8.74. The Morgan fingerprint density at radius 3 is 2.28 bits per heavy atom. The summed E-state index contributed by atoms with van der Waals surface area (Å²) in [4.78, 5) is 10.8. The molecular weight excluding hydrogens is 224 g/mol. The minimum absolute atomic E-state index is 0.278. The Bertz CT molecular complexity index is 378. The fraction of sp³-hybridized carbons (Fsp3) is 0.533. The lowest BCUT2D eigenvalue weighted by atomic mass is 10.1. The summed E-state index contributed by atoms with van der Waals surface area (Å²) in [6.45, 7) is 0. The summed E-state index contributed by atoms with van der Waals surface area (Å²) in [5.74, 6) is -0.278. The smallest absolute Gasteiger partial charge is 0.221 e. The van der Waals surface area contributed by atoms with Crippen LogP contribution in [0.2, 0.25) is 0 Å². The van der Waals surface area contributed by atoms with Crippen LogP contribution in [0.3, 0.4) is 0 Å². The average molecular weight is 246 g/mol. The highest BCUT2D eigenvalue weighted by molar-refractivity contribution is 5.76. The summed E-state index contributed by atoms with van der Waals surface area (Å²) in [5, 5.41) is 3.59. The van der Waals surface area contributed by atoms with Crippen molar-refractivity contribution in [3.8, 4) is 0 Å². The SMILES string of the molecule is NC(=O)Cc1ccc(NC2CCCCCC2)cc1. The Morgan fingerprint density at radius 2 is 1.72 bits per heavy atom. The second-order valence-electron chi connectivity index (χ2n) is 5.17. The zero-order valence-electron chi connectivity index (χ0n) is 10.8. The van der Waals surface area contributed by atoms with E-state index < -0.39 is 0 Å². The number of nitrogens with two attached hydrogens (primary N) is 1. The van der Waals surface area contributed by atoms with Crippen molar-refractivity contribution in [2.24, 2.45) is 5.73 Å². The van der Waals surface area contributed by atoms with E-state index in [4.69, 9.17) is 5.73 Å². The molecule has 0 heterocycles. The molecule has 2 rings (SSSR count). The first-order valence-electron chi connectivity index (χ1n) is 6.88. The molecule has 18 heavy (non-hydrogen) atoms. The molecule has 0 radical (unpaired) electrons. The largest absolute Gasteiger partial charge is 0.382 e. The molecule has 0 bridgehead atoms. The van der Waals surface area contributed by atoms with Crippen molar-refractivity contribution in [2.75, 3.05) is 5.32 Å². The van der Waals surface area contributed by atoms with Gasteiger partial charge in [-0.1, -0.05) is 37.8 Å². The van der Waals surface area contributed by atoms with Crippen molar-refractivity contribution in [1.29, 1.82) is 0 Å². The Hall–Kier alpha value is -1.51. The van der Waals surface area contributed by atoms with Gasteiger partial charge in [-0.15, -0.1) is 0 Å². The molecule has 0 unspecified atom stereocenters. The topological polar surface area (TPSA) is 55.1 Å². The Morgan fingerprint density at radius 1 is 1.11 bits per heavy atom. The van der Waals surface area contributed by atoms with Gasteiger partial charge in [-0.05, 0) is 30.5 Å². The van der Waals surface area contributed by atoms with Gasteiger partial charge in [-0.3, -0.25) is 4.79 Å². The van der Waals surface area contributed by atoms with Crippen LogP contribution < -0.4 is 11.1 Å². The van der Waals surface area contributed by atoms with Crippen molar-refractivity contribution >= 4 is 11.6 Å². The lowest BCUT2D eigenvalue weighted by Gasteiger charge is -2.17. The van der Waals surface area contributed by atoms with Crippen LogP contribution in [0.5, 0.6) is 0 Å². The second kappa shape index (κ2) is 6.43. The Kier molecular flexibility index (Phi) is 4.62. The van der Waals surface area contributed by atoms with Gasteiger partial charge in [0.2, 0.25) is 5.91 Å². The number of benzene rings is 1. The molecule has 98 valence electrons. The van der Waals surface area contributed by atoms with Crippen LogP contribution in [0.4, 0.5) is 5.69 Å². The molecular formula is C15H22N2O. The monoisotopic (exact) mass is 246 g/mol. The second-order valence-corrected chi connectivity index (χ2v) is 5.17. The highest BCUT2D eigenvalue weighted by Crippen LogP contribution is 2.21. The van der Waals surface area contributed by atoms with E-state index in [2.05, 4.69) is 5.32 Å². The van der Waals surface area contributed by atoms with Gasteiger partial charge in [0.1, 0.15) is 0 Å². The molecule has 0 aromatic heterocycles. The summed E-state index contributed by atoms with van der Waals surface area (Å²) < 4.78 is 0. The molecule has 1 fully saturated rings. The fourth-order valence-corrected chi connectivity index (χ4v) is 2.58. The van der Waals surface area contributed by atoms with E-state index in [0.29, 0.717) is 12.5 Å². The van der Waals surface area contributed by atoms with Crippen molar-refractivity contribution in [3.05, 3.63) is 29.8 Å². The van der Waals surface area contributed by atoms with Crippen LogP contribution >= 0.6 is 0 Å². The standard InChI is InChI=1S/C15H22N2O/c16-15(18)11-12-7-9-14(10-8-12)17-13-5-3-1-2-4-6-13/h7-10,13,17H,1-6,11H2,(H2,16,18). The number of carbonyl (C=O) groups excluding carboxylic acids is 1. The summed E-state index contributed by atoms with van der Waals surface area (Å²) >= 11 is 0. The van der Waals surface area contributed by atoms with Gasteiger partial charge < -0.3 is 11.1 Å². The molecule has 1 saturated carbocycles. The lowest BCUT2D eigenvalue weighted by Crippen LogP contribution is -2.18. The molecule has 3 heteroatoms. The summed E-state index contributed by atoms with van der Waals surface area (Å²) in [6, 6.07) is 8.65. The maximum absolute atomic E-state index is 10.8. The molecule has 0 atom stereocenters. The Balaban J connectivity index is 1.90.